The fraction of sp³-hybridized carbons (Fsp3) is 0.333. The van der Waals surface area contributed by atoms with Crippen molar-refractivity contribution in [3.05, 3.63) is 57.2 Å². The molecule has 5 heteroatoms. The van der Waals surface area contributed by atoms with E-state index in [9.17, 15) is 4.39 Å². The van der Waals surface area contributed by atoms with Gasteiger partial charge in [-0.3, -0.25) is 0 Å². The van der Waals surface area contributed by atoms with Crippen molar-refractivity contribution in [1.82, 2.24) is 5.32 Å². The van der Waals surface area contributed by atoms with Crippen molar-refractivity contribution in [3.8, 4) is 0 Å². The van der Waals surface area contributed by atoms with E-state index in [0.29, 0.717) is 10.6 Å². The topological polar surface area (TPSA) is 25.2 Å². The highest BCUT2D eigenvalue weighted by Gasteiger charge is 2.20. The Morgan fingerprint density at radius 2 is 1.80 bits per heavy atom. The summed E-state index contributed by atoms with van der Waals surface area (Å²) in [4.78, 5) is 0. The molecule has 2 aromatic rings. The van der Waals surface area contributed by atoms with Crippen LogP contribution in [-0.2, 0) is 0 Å². The van der Waals surface area contributed by atoms with Crippen molar-refractivity contribution in [2.24, 2.45) is 0 Å². The maximum absolute atomic E-state index is 13.5. The van der Waals surface area contributed by atoms with Crippen molar-refractivity contribution in [2.75, 3.05) is 0 Å². The minimum absolute atomic E-state index is 0.0332. The molecule has 0 fully saturated rings. The van der Waals surface area contributed by atoms with E-state index in [1.807, 2.05) is 32.9 Å². The van der Waals surface area contributed by atoms with E-state index in [-0.39, 0.29) is 17.1 Å². The molecule has 108 valence electrons. The molecule has 0 aliphatic heterocycles. The zero-order valence-corrected chi connectivity index (χ0v) is 13.0. The van der Waals surface area contributed by atoms with Gasteiger partial charge < -0.3 is 9.73 Å². The van der Waals surface area contributed by atoms with Gasteiger partial charge in [-0.1, -0.05) is 23.2 Å². The van der Waals surface area contributed by atoms with Crippen molar-refractivity contribution in [2.45, 2.75) is 32.9 Å². The molecule has 2 atom stereocenters. The molecule has 1 N–H and O–H groups in total. The summed E-state index contributed by atoms with van der Waals surface area (Å²) in [6.45, 7) is 5.74. The molecule has 20 heavy (non-hydrogen) atoms. The number of hydrogen-bond acceptors (Lipinski definition) is 2. The summed E-state index contributed by atoms with van der Waals surface area (Å²) < 4.78 is 19.1. The molecule has 0 saturated heterocycles. The lowest BCUT2D eigenvalue weighted by atomic mass is 10.1. The summed E-state index contributed by atoms with van der Waals surface area (Å²) in [6.07, 6.45) is 0. The number of hydrogen-bond donors (Lipinski definition) is 1. The number of halogens is 3. The number of benzene rings is 1. The van der Waals surface area contributed by atoms with Gasteiger partial charge in [0.05, 0.1) is 11.1 Å². The fourth-order valence-corrected chi connectivity index (χ4v) is 2.86. The third-order valence-corrected chi connectivity index (χ3v) is 3.91. The van der Waals surface area contributed by atoms with E-state index >= 15 is 0 Å². The average molecular weight is 316 g/mol. The molecule has 1 aromatic carbocycles. The zero-order valence-electron chi connectivity index (χ0n) is 11.5. The monoisotopic (exact) mass is 315 g/mol. The maximum Gasteiger partial charge on any atom is 0.142 e. The molecule has 2 rings (SSSR count). The second-order valence-electron chi connectivity index (χ2n) is 4.82. The molecule has 0 spiro atoms. The summed E-state index contributed by atoms with van der Waals surface area (Å²) in [5.74, 6) is 1.20. The largest absolute Gasteiger partial charge is 0.465 e. The third kappa shape index (κ3) is 3.17. The van der Waals surface area contributed by atoms with Gasteiger partial charge in [-0.15, -0.1) is 0 Å². The van der Waals surface area contributed by atoms with Crippen molar-refractivity contribution < 1.29 is 8.81 Å². The Morgan fingerprint density at radius 3 is 2.40 bits per heavy atom. The van der Waals surface area contributed by atoms with E-state index < -0.39 is 5.82 Å². The number of nitrogens with one attached hydrogen (secondary N) is 1. The summed E-state index contributed by atoms with van der Waals surface area (Å²) in [5.41, 5.74) is 0.559. The quantitative estimate of drug-likeness (QED) is 0.759. The predicted octanol–water partition coefficient (Wildman–Crippen LogP) is 5.45. The lowest BCUT2D eigenvalue weighted by Gasteiger charge is -2.21. The molecular weight excluding hydrogens is 300 g/mol. The maximum atomic E-state index is 13.5. The van der Waals surface area contributed by atoms with Crippen molar-refractivity contribution in [1.29, 1.82) is 0 Å². The second-order valence-corrected chi connectivity index (χ2v) is 5.60. The lowest BCUT2D eigenvalue weighted by molar-refractivity contribution is 0.392. The van der Waals surface area contributed by atoms with Gasteiger partial charge in [0.25, 0.3) is 0 Å². The van der Waals surface area contributed by atoms with Gasteiger partial charge in [-0.2, -0.15) is 0 Å². The van der Waals surface area contributed by atoms with Crippen LogP contribution in [0.4, 0.5) is 4.39 Å². The van der Waals surface area contributed by atoms with Crippen LogP contribution in [0.1, 0.15) is 43.0 Å². The Bertz CT molecular complexity index is 612. The Balaban J connectivity index is 2.20. The number of aryl methyl sites for hydroxylation is 1. The Labute approximate surface area is 127 Å². The van der Waals surface area contributed by atoms with Crippen LogP contribution in [0.5, 0.6) is 0 Å². The van der Waals surface area contributed by atoms with E-state index in [1.54, 1.807) is 0 Å². The van der Waals surface area contributed by atoms with Gasteiger partial charge in [0.15, 0.2) is 0 Å². The number of rotatable bonds is 4. The Hall–Kier alpha value is -1.03. The van der Waals surface area contributed by atoms with E-state index in [0.717, 1.165) is 11.5 Å². The van der Waals surface area contributed by atoms with Gasteiger partial charge in [0.1, 0.15) is 17.3 Å². The molecule has 0 amide bonds. The third-order valence-electron chi connectivity index (χ3n) is 3.20. The lowest BCUT2D eigenvalue weighted by Crippen LogP contribution is -2.23. The van der Waals surface area contributed by atoms with E-state index in [2.05, 4.69) is 5.32 Å². The minimum Gasteiger partial charge on any atom is -0.465 e. The highest BCUT2D eigenvalue weighted by molar-refractivity contribution is 6.36. The highest BCUT2D eigenvalue weighted by atomic mass is 35.5. The molecule has 2 nitrogen and oxygen atoms in total. The van der Waals surface area contributed by atoms with Crippen molar-refractivity contribution in [3.63, 3.8) is 0 Å². The summed E-state index contributed by atoms with van der Waals surface area (Å²) in [7, 11) is 0. The van der Waals surface area contributed by atoms with Crippen LogP contribution in [0, 0.1) is 12.7 Å². The van der Waals surface area contributed by atoms with Crippen LogP contribution in [0.2, 0.25) is 10.0 Å². The van der Waals surface area contributed by atoms with Gasteiger partial charge in [0.2, 0.25) is 0 Å². The first-order valence-corrected chi connectivity index (χ1v) is 7.11. The SMILES string of the molecule is Cc1ccc(C(C)NC(C)c2c(Cl)ccc(F)c2Cl)o1. The second kappa shape index (κ2) is 6.17. The van der Waals surface area contributed by atoms with E-state index in [1.165, 1.54) is 12.1 Å². The standard InChI is InChI=1S/C15H16Cl2FNO/c1-8-4-7-13(20-8)9(2)19-10(3)14-11(16)5-6-12(18)15(14)17/h4-7,9-10,19H,1-3H3. The molecule has 0 aliphatic rings. The normalized spacial score (nSPS) is 14.3. The van der Waals surface area contributed by atoms with Gasteiger partial charge in [-0.25, -0.2) is 4.39 Å². The predicted molar refractivity (Wildman–Crippen MR) is 79.8 cm³/mol. The molecule has 1 heterocycles. The minimum atomic E-state index is -0.471. The number of furan rings is 1. The fourth-order valence-electron chi connectivity index (χ4n) is 2.17. The molecule has 0 aliphatic carbocycles. The summed E-state index contributed by atoms with van der Waals surface area (Å²) in [6, 6.07) is 6.35. The van der Waals surface area contributed by atoms with Crippen LogP contribution in [0.3, 0.4) is 0 Å². The summed E-state index contributed by atoms with van der Waals surface area (Å²) in [5, 5.41) is 3.80. The molecule has 0 bridgehead atoms. The molecular formula is C15H16Cl2FNO. The van der Waals surface area contributed by atoms with Crippen molar-refractivity contribution >= 4 is 23.2 Å². The molecule has 2 unspecified atom stereocenters. The first-order valence-electron chi connectivity index (χ1n) is 6.36. The van der Waals surface area contributed by atoms with Gasteiger partial charge >= 0.3 is 0 Å². The Kier molecular flexibility index (Phi) is 4.74. The average Bonchev–Trinajstić information content (AvgIpc) is 2.81. The smallest absolute Gasteiger partial charge is 0.142 e. The summed E-state index contributed by atoms with van der Waals surface area (Å²) >= 11 is 12.1. The van der Waals surface area contributed by atoms with Gasteiger partial charge in [-0.05, 0) is 45.0 Å². The van der Waals surface area contributed by atoms with Crippen LogP contribution in [-0.4, -0.2) is 0 Å². The van der Waals surface area contributed by atoms with Crippen LogP contribution in [0.25, 0.3) is 0 Å². The highest BCUT2D eigenvalue weighted by Crippen LogP contribution is 2.33. The van der Waals surface area contributed by atoms with Gasteiger partial charge in [0, 0.05) is 16.6 Å². The first-order chi connectivity index (χ1) is 9.40. The molecule has 1 aromatic heterocycles. The zero-order chi connectivity index (χ0) is 14.9. The van der Waals surface area contributed by atoms with E-state index in [4.69, 9.17) is 27.6 Å². The van der Waals surface area contributed by atoms with Crippen LogP contribution >= 0.6 is 23.2 Å². The first kappa shape index (κ1) is 15.4. The van der Waals surface area contributed by atoms with Crippen LogP contribution < -0.4 is 5.32 Å². The Morgan fingerprint density at radius 1 is 1.10 bits per heavy atom. The molecule has 0 saturated carbocycles. The molecule has 0 radical (unpaired) electrons. The van der Waals surface area contributed by atoms with Crippen LogP contribution in [0.15, 0.2) is 28.7 Å².